The summed E-state index contributed by atoms with van der Waals surface area (Å²) < 4.78 is 0. The zero-order chi connectivity index (χ0) is 13.2. The second-order valence-corrected chi connectivity index (χ2v) is 5.74. The minimum Gasteiger partial charge on any atom is -0.370 e. The minimum absolute atomic E-state index is 0.292. The quantitative estimate of drug-likeness (QED) is 0.932. The summed E-state index contributed by atoms with van der Waals surface area (Å²) in [6.07, 6.45) is 0. The van der Waals surface area contributed by atoms with Gasteiger partial charge in [-0.05, 0) is 29.5 Å². The summed E-state index contributed by atoms with van der Waals surface area (Å²) >= 11 is 1.79. The van der Waals surface area contributed by atoms with Crippen LogP contribution in [0, 0.1) is 6.92 Å². The smallest absolute Gasteiger partial charge is 0.192 e. The van der Waals surface area contributed by atoms with E-state index in [1.165, 1.54) is 16.0 Å². The highest BCUT2D eigenvalue weighted by Gasteiger charge is 2.29. The summed E-state index contributed by atoms with van der Waals surface area (Å²) in [4.78, 5) is 8.00. The highest BCUT2D eigenvalue weighted by Crippen LogP contribution is 2.32. The molecule has 98 valence electrons. The topological polar surface area (TPSA) is 41.6 Å². The lowest BCUT2D eigenvalue weighted by Crippen LogP contribution is -2.35. The summed E-state index contributed by atoms with van der Waals surface area (Å²) in [5, 5.41) is 2.14. The molecule has 0 saturated carbocycles. The number of hydrogen-bond donors (Lipinski definition) is 1. The van der Waals surface area contributed by atoms with E-state index in [1.807, 2.05) is 6.07 Å². The first-order chi connectivity index (χ1) is 9.25. The van der Waals surface area contributed by atoms with Gasteiger partial charge in [-0.2, -0.15) is 0 Å². The van der Waals surface area contributed by atoms with Crippen LogP contribution in [0.5, 0.6) is 0 Å². The van der Waals surface area contributed by atoms with Gasteiger partial charge in [-0.1, -0.05) is 30.3 Å². The summed E-state index contributed by atoms with van der Waals surface area (Å²) in [7, 11) is 0. The number of rotatable bonds is 3. The van der Waals surface area contributed by atoms with Gasteiger partial charge in [0.1, 0.15) is 0 Å². The van der Waals surface area contributed by atoms with Gasteiger partial charge in [-0.25, -0.2) is 0 Å². The number of aliphatic imine (C=N–C) groups is 1. The third-order valence-corrected chi connectivity index (χ3v) is 4.62. The number of thiophene rings is 1. The molecule has 2 aromatic rings. The average Bonchev–Trinajstić information content (AvgIpc) is 2.99. The fourth-order valence-electron chi connectivity index (χ4n) is 2.45. The van der Waals surface area contributed by atoms with Gasteiger partial charge >= 0.3 is 0 Å². The summed E-state index contributed by atoms with van der Waals surface area (Å²) in [5.41, 5.74) is 8.65. The van der Waals surface area contributed by atoms with E-state index >= 15 is 0 Å². The Kier molecular flexibility index (Phi) is 3.25. The lowest BCUT2D eigenvalue weighted by molar-refractivity contribution is 0.344. The van der Waals surface area contributed by atoms with Crippen molar-refractivity contribution < 1.29 is 0 Å². The van der Waals surface area contributed by atoms with E-state index in [9.17, 15) is 0 Å². The van der Waals surface area contributed by atoms with E-state index in [0.29, 0.717) is 12.0 Å². The third kappa shape index (κ3) is 2.36. The van der Waals surface area contributed by atoms with Crippen LogP contribution in [0.4, 0.5) is 0 Å². The van der Waals surface area contributed by atoms with Crippen LogP contribution in [0.25, 0.3) is 0 Å². The van der Waals surface area contributed by atoms with Gasteiger partial charge in [0.25, 0.3) is 0 Å². The number of aryl methyl sites for hydroxylation is 1. The molecule has 1 aromatic heterocycles. The van der Waals surface area contributed by atoms with Gasteiger partial charge < -0.3 is 10.6 Å². The Balaban J connectivity index is 1.85. The van der Waals surface area contributed by atoms with E-state index in [2.05, 4.69) is 52.5 Å². The third-order valence-electron chi connectivity index (χ3n) is 3.50. The fourth-order valence-corrected chi connectivity index (χ4v) is 3.48. The van der Waals surface area contributed by atoms with Crippen molar-refractivity contribution >= 4 is 17.3 Å². The van der Waals surface area contributed by atoms with Crippen molar-refractivity contribution in [2.75, 3.05) is 6.54 Å². The lowest BCUT2D eigenvalue weighted by atomic mass is 10.1. The van der Waals surface area contributed by atoms with E-state index in [0.717, 1.165) is 13.1 Å². The number of hydrogen-bond acceptors (Lipinski definition) is 4. The molecule has 19 heavy (non-hydrogen) atoms. The predicted octanol–water partition coefficient (Wildman–Crippen LogP) is 2.93. The number of benzene rings is 1. The van der Waals surface area contributed by atoms with Crippen LogP contribution in [0.2, 0.25) is 0 Å². The van der Waals surface area contributed by atoms with Crippen molar-refractivity contribution in [2.45, 2.75) is 19.5 Å². The molecule has 3 rings (SSSR count). The second-order valence-electron chi connectivity index (χ2n) is 4.80. The maximum atomic E-state index is 6.05. The van der Waals surface area contributed by atoms with E-state index in [-0.39, 0.29) is 0 Å². The molecule has 0 aliphatic carbocycles. The number of nitrogens with two attached hydrogens (primary N) is 1. The van der Waals surface area contributed by atoms with Gasteiger partial charge in [-0.15, -0.1) is 11.3 Å². The Hall–Kier alpha value is -1.81. The maximum absolute atomic E-state index is 6.05. The molecule has 2 N–H and O–H groups in total. The molecule has 2 heterocycles. The molecular weight excluding hydrogens is 254 g/mol. The molecule has 0 fully saturated rings. The molecule has 1 unspecified atom stereocenters. The van der Waals surface area contributed by atoms with Crippen molar-refractivity contribution in [3.63, 3.8) is 0 Å². The largest absolute Gasteiger partial charge is 0.370 e. The minimum atomic E-state index is 0.292. The van der Waals surface area contributed by atoms with E-state index < -0.39 is 0 Å². The van der Waals surface area contributed by atoms with Crippen molar-refractivity contribution in [2.24, 2.45) is 10.7 Å². The molecule has 1 aromatic carbocycles. The molecule has 0 radical (unpaired) electrons. The van der Waals surface area contributed by atoms with Crippen LogP contribution < -0.4 is 5.73 Å². The van der Waals surface area contributed by atoms with Gasteiger partial charge in [0.15, 0.2) is 5.96 Å². The van der Waals surface area contributed by atoms with E-state index in [1.54, 1.807) is 11.3 Å². The normalized spacial score (nSPS) is 18.7. The lowest BCUT2D eigenvalue weighted by Gasteiger charge is -2.26. The number of nitrogens with zero attached hydrogens (tertiary/aromatic N) is 2. The molecule has 0 saturated heterocycles. The van der Waals surface area contributed by atoms with Gasteiger partial charge in [-0.3, -0.25) is 4.99 Å². The zero-order valence-corrected chi connectivity index (χ0v) is 11.7. The summed E-state index contributed by atoms with van der Waals surface area (Å²) in [6, 6.07) is 12.9. The molecule has 3 nitrogen and oxygen atoms in total. The highest BCUT2D eigenvalue weighted by atomic mass is 32.1. The first-order valence-corrected chi connectivity index (χ1v) is 7.28. The monoisotopic (exact) mass is 271 g/mol. The zero-order valence-electron chi connectivity index (χ0n) is 10.9. The van der Waals surface area contributed by atoms with Crippen molar-refractivity contribution in [1.82, 2.24) is 4.90 Å². The molecule has 0 spiro atoms. The Morgan fingerprint density at radius 1 is 1.32 bits per heavy atom. The van der Waals surface area contributed by atoms with Crippen LogP contribution in [0.3, 0.4) is 0 Å². The van der Waals surface area contributed by atoms with Crippen LogP contribution in [-0.2, 0) is 6.54 Å². The molecule has 1 aliphatic heterocycles. The average molecular weight is 271 g/mol. The van der Waals surface area contributed by atoms with Gasteiger partial charge in [0.2, 0.25) is 0 Å². The molecular formula is C15H17N3S. The first-order valence-electron chi connectivity index (χ1n) is 6.40. The van der Waals surface area contributed by atoms with Crippen molar-refractivity contribution in [3.8, 4) is 0 Å². The number of guanidine groups is 1. The van der Waals surface area contributed by atoms with Crippen LogP contribution in [0.1, 0.15) is 22.0 Å². The SMILES string of the molecule is Cc1ccsc1C1CN=C(N)N1Cc1ccccc1. The Morgan fingerprint density at radius 2 is 2.11 bits per heavy atom. The van der Waals surface area contributed by atoms with Crippen molar-refractivity contribution in [1.29, 1.82) is 0 Å². The molecule has 1 atom stereocenters. The highest BCUT2D eigenvalue weighted by molar-refractivity contribution is 7.10. The predicted molar refractivity (Wildman–Crippen MR) is 80.3 cm³/mol. The molecule has 0 amide bonds. The van der Waals surface area contributed by atoms with E-state index in [4.69, 9.17) is 5.73 Å². The van der Waals surface area contributed by atoms with Crippen LogP contribution >= 0.6 is 11.3 Å². The summed E-state index contributed by atoms with van der Waals surface area (Å²) in [6.45, 7) is 3.74. The van der Waals surface area contributed by atoms with Gasteiger partial charge in [0.05, 0.1) is 12.6 Å². The Labute approximate surface area is 117 Å². The maximum Gasteiger partial charge on any atom is 0.192 e. The molecule has 0 bridgehead atoms. The molecule has 1 aliphatic rings. The Bertz CT molecular complexity index is 588. The van der Waals surface area contributed by atoms with Crippen LogP contribution in [-0.4, -0.2) is 17.4 Å². The first kappa shape index (κ1) is 12.2. The standard InChI is InChI=1S/C15H17N3S/c1-11-7-8-19-14(11)13-9-17-15(16)18(13)10-12-5-3-2-4-6-12/h2-8,13H,9-10H2,1H3,(H2,16,17). The Morgan fingerprint density at radius 3 is 2.79 bits per heavy atom. The van der Waals surface area contributed by atoms with Crippen molar-refractivity contribution in [3.05, 3.63) is 57.8 Å². The molecule has 4 heteroatoms. The second kappa shape index (κ2) is 5.05. The van der Waals surface area contributed by atoms with Crippen LogP contribution in [0.15, 0.2) is 46.8 Å². The fraction of sp³-hybridized carbons (Fsp3) is 0.267. The summed E-state index contributed by atoms with van der Waals surface area (Å²) in [5.74, 6) is 0.654. The van der Waals surface area contributed by atoms with Gasteiger partial charge in [0, 0.05) is 11.4 Å².